The molecule has 3 N–H and O–H groups in total. The van der Waals surface area contributed by atoms with Crippen LogP contribution in [0.3, 0.4) is 0 Å². The summed E-state index contributed by atoms with van der Waals surface area (Å²) in [6, 6.07) is 9.36. The van der Waals surface area contributed by atoms with Gasteiger partial charge in [-0.1, -0.05) is 37.3 Å². The summed E-state index contributed by atoms with van der Waals surface area (Å²) in [7, 11) is 0. The zero-order chi connectivity index (χ0) is 13.8. The maximum absolute atomic E-state index is 12.5. The van der Waals surface area contributed by atoms with Gasteiger partial charge < -0.3 is 15.7 Å². The number of amides is 1. The second-order valence-corrected chi connectivity index (χ2v) is 5.24. The normalized spacial score (nSPS) is 22.3. The summed E-state index contributed by atoms with van der Waals surface area (Å²) in [6.45, 7) is 2.64. The van der Waals surface area contributed by atoms with Gasteiger partial charge in [0.1, 0.15) is 0 Å². The van der Waals surface area contributed by atoms with E-state index in [0.717, 1.165) is 24.9 Å². The molecule has 4 heteroatoms. The fourth-order valence-electron chi connectivity index (χ4n) is 2.69. The zero-order valence-corrected chi connectivity index (χ0v) is 11.3. The van der Waals surface area contributed by atoms with Gasteiger partial charge in [-0.2, -0.15) is 0 Å². The Labute approximate surface area is 114 Å². The van der Waals surface area contributed by atoms with Crippen molar-refractivity contribution < 1.29 is 9.90 Å². The van der Waals surface area contributed by atoms with E-state index in [9.17, 15) is 9.90 Å². The van der Waals surface area contributed by atoms with Gasteiger partial charge in [0, 0.05) is 12.6 Å². The van der Waals surface area contributed by atoms with Crippen molar-refractivity contribution >= 4 is 5.91 Å². The molecule has 1 amide bonds. The summed E-state index contributed by atoms with van der Waals surface area (Å²) in [5.74, 6) is -0.220. The average molecular weight is 262 g/mol. The smallest absolute Gasteiger partial charge is 0.227 e. The van der Waals surface area contributed by atoms with Crippen LogP contribution in [0, 0.1) is 5.92 Å². The van der Waals surface area contributed by atoms with Crippen molar-refractivity contribution in [1.29, 1.82) is 0 Å². The van der Waals surface area contributed by atoms with Crippen molar-refractivity contribution in [3.8, 4) is 0 Å². The zero-order valence-electron chi connectivity index (χ0n) is 11.3. The number of aliphatic hydroxyl groups is 1. The van der Waals surface area contributed by atoms with E-state index >= 15 is 0 Å². The van der Waals surface area contributed by atoms with Gasteiger partial charge >= 0.3 is 0 Å². The second-order valence-electron chi connectivity index (χ2n) is 5.24. The number of nitrogens with zero attached hydrogens (tertiary/aromatic N) is 1. The molecule has 0 bridgehead atoms. The van der Waals surface area contributed by atoms with E-state index in [1.807, 2.05) is 37.3 Å². The minimum absolute atomic E-state index is 0.0297. The number of likely N-dealkylation sites (tertiary alicyclic amines) is 1. The third-order valence-corrected chi connectivity index (χ3v) is 3.98. The Hall–Kier alpha value is -1.39. The van der Waals surface area contributed by atoms with Crippen molar-refractivity contribution in [2.24, 2.45) is 11.7 Å². The molecule has 2 rings (SSSR count). The molecule has 1 saturated heterocycles. The third-order valence-electron chi connectivity index (χ3n) is 3.98. The molecule has 104 valence electrons. The van der Waals surface area contributed by atoms with Crippen LogP contribution in [0.25, 0.3) is 0 Å². The molecule has 0 spiro atoms. The van der Waals surface area contributed by atoms with Crippen LogP contribution in [0.4, 0.5) is 0 Å². The first-order valence-electron chi connectivity index (χ1n) is 6.87. The van der Waals surface area contributed by atoms with Crippen molar-refractivity contribution in [2.75, 3.05) is 13.2 Å². The van der Waals surface area contributed by atoms with E-state index in [1.165, 1.54) is 0 Å². The van der Waals surface area contributed by atoms with Gasteiger partial charge in [0.25, 0.3) is 0 Å². The van der Waals surface area contributed by atoms with Gasteiger partial charge in [0.05, 0.1) is 18.6 Å². The highest BCUT2D eigenvalue weighted by Crippen LogP contribution is 2.25. The number of nitrogens with two attached hydrogens (primary N) is 1. The van der Waals surface area contributed by atoms with E-state index in [-0.39, 0.29) is 30.5 Å². The number of carbonyl (C=O) groups is 1. The number of rotatable bonds is 4. The largest absolute Gasteiger partial charge is 0.394 e. The van der Waals surface area contributed by atoms with Crippen LogP contribution in [-0.2, 0) is 4.79 Å². The fraction of sp³-hybridized carbons (Fsp3) is 0.533. The molecule has 19 heavy (non-hydrogen) atoms. The molecule has 3 atom stereocenters. The molecule has 0 radical (unpaired) electrons. The quantitative estimate of drug-likeness (QED) is 0.859. The molecular formula is C15H22N2O2. The Balaban J connectivity index is 2.06. The monoisotopic (exact) mass is 262 g/mol. The maximum Gasteiger partial charge on any atom is 0.227 e. The molecule has 0 saturated carbocycles. The molecule has 1 fully saturated rings. The summed E-state index contributed by atoms with van der Waals surface area (Å²) < 4.78 is 0. The van der Waals surface area contributed by atoms with Gasteiger partial charge in [-0.3, -0.25) is 4.79 Å². The first-order valence-corrected chi connectivity index (χ1v) is 6.87. The van der Waals surface area contributed by atoms with Crippen LogP contribution in [0.5, 0.6) is 0 Å². The molecule has 1 aromatic rings. The minimum Gasteiger partial charge on any atom is -0.394 e. The summed E-state index contributed by atoms with van der Waals surface area (Å²) >= 11 is 0. The van der Waals surface area contributed by atoms with Crippen LogP contribution >= 0.6 is 0 Å². The lowest BCUT2D eigenvalue weighted by molar-refractivity contribution is -0.137. The average Bonchev–Trinajstić information content (AvgIpc) is 2.94. The van der Waals surface area contributed by atoms with Crippen LogP contribution in [0.2, 0.25) is 0 Å². The first-order chi connectivity index (χ1) is 9.15. The van der Waals surface area contributed by atoms with E-state index in [1.54, 1.807) is 4.90 Å². The molecule has 0 aliphatic carbocycles. The summed E-state index contributed by atoms with van der Waals surface area (Å²) in [5.41, 5.74) is 7.16. The topological polar surface area (TPSA) is 66.6 Å². The number of hydrogen-bond donors (Lipinski definition) is 2. The van der Waals surface area contributed by atoms with Crippen LogP contribution in [0.15, 0.2) is 30.3 Å². The number of carbonyl (C=O) groups excluding carboxylic acids is 1. The Bertz CT molecular complexity index is 421. The molecule has 2 unspecified atom stereocenters. The standard InChI is InChI=1S/C15H22N2O2/c1-11(14(16)12-6-3-2-4-7-12)15(19)17-9-5-8-13(17)10-18/h2-4,6-7,11,13-14,18H,5,8-10,16H2,1H3/t11?,13-,14?/m1/s1. The Morgan fingerprint density at radius 1 is 1.47 bits per heavy atom. The Kier molecular flexibility index (Phi) is 4.56. The van der Waals surface area contributed by atoms with Crippen molar-refractivity contribution in [3.05, 3.63) is 35.9 Å². The number of hydrogen-bond acceptors (Lipinski definition) is 3. The second kappa shape index (κ2) is 6.17. The van der Waals surface area contributed by atoms with Crippen LogP contribution < -0.4 is 5.73 Å². The Morgan fingerprint density at radius 2 is 2.16 bits per heavy atom. The summed E-state index contributed by atoms with van der Waals surface area (Å²) in [4.78, 5) is 14.2. The minimum atomic E-state index is -0.298. The van der Waals surface area contributed by atoms with E-state index in [0.29, 0.717) is 0 Å². The van der Waals surface area contributed by atoms with E-state index in [4.69, 9.17) is 5.73 Å². The summed E-state index contributed by atoms with van der Waals surface area (Å²) in [6.07, 6.45) is 1.85. The van der Waals surface area contributed by atoms with Crippen LogP contribution in [-0.4, -0.2) is 35.1 Å². The van der Waals surface area contributed by atoms with Gasteiger partial charge in [-0.15, -0.1) is 0 Å². The molecule has 4 nitrogen and oxygen atoms in total. The molecule has 1 aromatic carbocycles. The molecular weight excluding hydrogens is 240 g/mol. The molecule has 1 aliphatic heterocycles. The lowest BCUT2D eigenvalue weighted by atomic mass is 9.94. The highest BCUT2D eigenvalue weighted by Gasteiger charge is 2.33. The van der Waals surface area contributed by atoms with E-state index < -0.39 is 0 Å². The lowest BCUT2D eigenvalue weighted by Gasteiger charge is -2.29. The highest BCUT2D eigenvalue weighted by atomic mass is 16.3. The maximum atomic E-state index is 12.5. The first kappa shape index (κ1) is 14.0. The van der Waals surface area contributed by atoms with Gasteiger partial charge in [0.2, 0.25) is 5.91 Å². The van der Waals surface area contributed by atoms with Gasteiger partial charge in [-0.25, -0.2) is 0 Å². The lowest BCUT2D eigenvalue weighted by Crippen LogP contribution is -2.43. The van der Waals surface area contributed by atoms with Crippen LogP contribution in [0.1, 0.15) is 31.4 Å². The highest BCUT2D eigenvalue weighted by molar-refractivity contribution is 5.80. The molecule has 0 aromatic heterocycles. The molecule has 1 aliphatic rings. The van der Waals surface area contributed by atoms with Gasteiger partial charge in [-0.05, 0) is 18.4 Å². The number of benzene rings is 1. The Morgan fingerprint density at radius 3 is 2.79 bits per heavy atom. The fourth-order valence-corrected chi connectivity index (χ4v) is 2.69. The predicted octanol–water partition coefficient (Wildman–Crippen LogP) is 1.31. The van der Waals surface area contributed by atoms with Gasteiger partial charge in [0.15, 0.2) is 0 Å². The number of aliphatic hydroxyl groups excluding tert-OH is 1. The SMILES string of the molecule is CC(C(=O)N1CCC[C@@H]1CO)C(N)c1ccccc1. The predicted molar refractivity (Wildman–Crippen MR) is 74.4 cm³/mol. The van der Waals surface area contributed by atoms with E-state index in [2.05, 4.69) is 0 Å². The van der Waals surface area contributed by atoms with Crippen molar-refractivity contribution in [1.82, 2.24) is 4.90 Å². The summed E-state index contributed by atoms with van der Waals surface area (Å²) in [5, 5.41) is 9.30. The molecule has 1 heterocycles. The van der Waals surface area contributed by atoms with Crippen molar-refractivity contribution in [2.45, 2.75) is 31.8 Å². The third kappa shape index (κ3) is 2.96. The van der Waals surface area contributed by atoms with Crippen molar-refractivity contribution in [3.63, 3.8) is 0 Å².